The molecule has 27 heavy (non-hydrogen) atoms. The van der Waals surface area contributed by atoms with Crippen LogP contribution < -0.4 is 5.56 Å². The van der Waals surface area contributed by atoms with Crippen LogP contribution in [0.3, 0.4) is 0 Å². The van der Waals surface area contributed by atoms with Crippen LogP contribution in [0.4, 0.5) is 0 Å². The van der Waals surface area contributed by atoms with Gasteiger partial charge in [0.1, 0.15) is 22.4 Å². The number of benzene rings is 2. The van der Waals surface area contributed by atoms with Crippen LogP contribution >= 0.6 is 11.3 Å². The number of aromatic nitrogens is 1. The lowest BCUT2D eigenvalue weighted by Gasteiger charge is -2.07. The number of thiophene rings is 1. The third kappa shape index (κ3) is 2.94. The molecule has 0 aliphatic rings. The van der Waals surface area contributed by atoms with Crippen LogP contribution in [0.1, 0.15) is 5.56 Å². The first-order valence-electron chi connectivity index (χ1n) is 7.75. The smallest absolute Gasteiger partial charge is 0.270 e. The van der Waals surface area contributed by atoms with Crippen LogP contribution in [0.25, 0.3) is 32.5 Å². The summed E-state index contributed by atoms with van der Waals surface area (Å²) in [5.74, 6) is -0.0950. The van der Waals surface area contributed by atoms with Crippen molar-refractivity contribution >= 4 is 21.6 Å². The third-order valence-corrected chi connectivity index (χ3v) is 5.14. The van der Waals surface area contributed by atoms with E-state index in [4.69, 9.17) is 5.26 Å². The first-order valence-corrected chi connectivity index (χ1v) is 8.63. The van der Waals surface area contributed by atoms with Crippen molar-refractivity contribution in [2.75, 3.05) is 0 Å². The predicted octanol–water partition coefficient (Wildman–Crippen LogP) is 4.66. The first kappa shape index (κ1) is 18.2. The number of para-hydroxylation sites is 1. The maximum atomic E-state index is 11.8. The third-order valence-electron chi connectivity index (χ3n) is 4.24. The minimum atomic E-state index is -0.596. The summed E-state index contributed by atoms with van der Waals surface area (Å²) in [5.41, 5.74) is 2.28. The number of hydrogen-bond donors (Lipinski definition) is 3. The van der Waals surface area contributed by atoms with Crippen LogP contribution in [0, 0.1) is 18.8 Å². The van der Waals surface area contributed by atoms with Gasteiger partial charge in [-0.2, -0.15) is 5.26 Å². The molecule has 2 aromatic carbocycles. The normalized spacial score (nSPS) is 10.3. The van der Waals surface area contributed by atoms with Gasteiger partial charge in [0.05, 0.1) is 5.39 Å². The number of aromatic hydroxyl groups is 2. The topological polar surface area (TPSA) is 97.1 Å². The molecule has 0 radical (unpaired) electrons. The molecular formula is C21H15N2O3S-. The molecule has 5 nitrogen and oxygen atoms in total. The second kappa shape index (κ2) is 6.98. The molecular weight excluding hydrogens is 360 g/mol. The van der Waals surface area contributed by atoms with Crippen molar-refractivity contribution in [3.63, 3.8) is 0 Å². The van der Waals surface area contributed by atoms with Gasteiger partial charge in [-0.3, -0.25) is 4.79 Å². The molecule has 0 saturated heterocycles. The van der Waals surface area contributed by atoms with Crippen molar-refractivity contribution < 1.29 is 10.2 Å². The van der Waals surface area contributed by atoms with Crippen molar-refractivity contribution in [3.8, 4) is 39.8 Å². The van der Waals surface area contributed by atoms with Gasteiger partial charge in [0, 0.05) is 16.5 Å². The molecule has 2 aromatic heterocycles. The highest BCUT2D eigenvalue weighted by molar-refractivity contribution is 7.17. The number of aromatic amines is 1. The van der Waals surface area contributed by atoms with Gasteiger partial charge < -0.3 is 22.6 Å². The lowest BCUT2D eigenvalue weighted by Crippen LogP contribution is -2.09. The molecule has 0 saturated carbocycles. The summed E-state index contributed by atoms with van der Waals surface area (Å²) in [7, 11) is 0. The largest absolute Gasteiger partial charge is 0.507 e. The molecule has 0 unspecified atom stereocenters. The average molecular weight is 375 g/mol. The zero-order chi connectivity index (χ0) is 18.3. The Morgan fingerprint density at radius 2 is 1.59 bits per heavy atom. The molecule has 0 atom stereocenters. The molecule has 6 heteroatoms. The molecule has 0 amide bonds. The molecule has 134 valence electrons. The molecule has 0 aliphatic heterocycles. The maximum Gasteiger partial charge on any atom is 0.270 e. The molecule has 3 N–H and O–H groups in total. The maximum absolute atomic E-state index is 11.8. The van der Waals surface area contributed by atoms with E-state index in [0.29, 0.717) is 10.2 Å². The number of nitrogens with zero attached hydrogens (tertiary/aromatic N) is 1. The minimum Gasteiger partial charge on any atom is -0.507 e. The zero-order valence-electron chi connectivity index (χ0n) is 14.4. The standard InChI is InChI=1S/C20H12N2O3S.CH3/c21-9-14-18(24)17-15(10-26-20(17)22-19(14)25)12-7-5-11(6-8-12)13-3-1-2-4-16(13)23;/h1-8,10,23H,(H2,22,24,25);1H3/q;-1. The molecule has 0 fully saturated rings. The van der Waals surface area contributed by atoms with Gasteiger partial charge in [-0.15, -0.1) is 11.3 Å². The SMILES string of the molecule is N#Cc1c(O)c2c(-c3ccc(-c4ccccc4O)cc3)csc2[nH]c1=O.[CH3-]. The van der Waals surface area contributed by atoms with Gasteiger partial charge >= 0.3 is 0 Å². The molecule has 0 aliphatic carbocycles. The van der Waals surface area contributed by atoms with Gasteiger partial charge in [-0.05, 0) is 17.2 Å². The number of phenols is 1. The van der Waals surface area contributed by atoms with E-state index < -0.39 is 5.56 Å². The van der Waals surface area contributed by atoms with Gasteiger partial charge in [0.15, 0.2) is 5.56 Å². The molecule has 4 aromatic rings. The van der Waals surface area contributed by atoms with Crippen LogP contribution in [0.15, 0.2) is 58.7 Å². The number of H-pyrrole nitrogens is 1. The fraction of sp³-hybridized carbons (Fsp3) is 0. The van der Waals surface area contributed by atoms with Gasteiger partial charge in [0.2, 0.25) is 0 Å². The van der Waals surface area contributed by atoms with Crippen molar-refractivity contribution in [1.82, 2.24) is 4.98 Å². The van der Waals surface area contributed by atoms with Crippen LogP contribution in [0.2, 0.25) is 0 Å². The highest BCUT2D eigenvalue weighted by Gasteiger charge is 2.17. The Morgan fingerprint density at radius 3 is 2.22 bits per heavy atom. The summed E-state index contributed by atoms with van der Waals surface area (Å²) in [6.45, 7) is 0. The van der Waals surface area contributed by atoms with E-state index in [2.05, 4.69) is 4.98 Å². The van der Waals surface area contributed by atoms with Crippen LogP contribution in [0.5, 0.6) is 11.5 Å². The first-order chi connectivity index (χ1) is 12.6. The zero-order valence-corrected chi connectivity index (χ0v) is 15.2. The van der Waals surface area contributed by atoms with Crippen molar-refractivity contribution in [2.24, 2.45) is 0 Å². The van der Waals surface area contributed by atoms with Crippen LogP contribution in [-0.4, -0.2) is 15.2 Å². The summed E-state index contributed by atoms with van der Waals surface area (Å²) in [6.07, 6.45) is 0. The molecule has 4 rings (SSSR count). The quantitative estimate of drug-likeness (QED) is 0.444. The Bertz CT molecular complexity index is 1230. The second-order valence-corrected chi connectivity index (χ2v) is 6.62. The number of pyridine rings is 1. The lowest BCUT2D eigenvalue weighted by molar-refractivity contribution is 0.477. The van der Waals surface area contributed by atoms with Crippen molar-refractivity contribution in [3.05, 3.63) is 77.3 Å². The van der Waals surface area contributed by atoms with E-state index in [1.54, 1.807) is 18.2 Å². The summed E-state index contributed by atoms with van der Waals surface area (Å²) in [5, 5.41) is 31.7. The lowest BCUT2D eigenvalue weighted by atomic mass is 9.99. The fourth-order valence-corrected chi connectivity index (χ4v) is 3.91. The predicted molar refractivity (Wildman–Crippen MR) is 108 cm³/mol. The monoisotopic (exact) mass is 375 g/mol. The molecule has 0 bridgehead atoms. The highest BCUT2D eigenvalue weighted by Crippen LogP contribution is 2.39. The van der Waals surface area contributed by atoms with Crippen molar-refractivity contribution in [2.45, 2.75) is 0 Å². The van der Waals surface area contributed by atoms with Gasteiger partial charge in [0.25, 0.3) is 5.56 Å². The van der Waals surface area contributed by atoms with Gasteiger partial charge in [-0.25, -0.2) is 0 Å². The second-order valence-electron chi connectivity index (χ2n) is 5.74. The summed E-state index contributed by atoms with van der Waals surface area (Å²) in [6, 6.07) is 16.3. The summed E-state index contributed by atoms with van der Waals surface area (Å²) in [4.78, 5) is 15.0. The number of hydrogen-bond acceptors (Lipinski definition) is 5. The Morgan fingerprint density at radius 1 is 0.963 bits per heavy atom. The Hall–Kier alpha value is -3.56. The summed E-state index contributed by atoms with van der Waals surface area (Å²) < 4.78 is 0. The number of nitriles is 1. The Labute approximate surface area is 159 Å². The van der Waals surface area contributed by atoms with Crippen molar-refractivity contribution in [1.29, 1.82) is 5.26 Å². The average Bonchev–Trinajstić information content (AvgIpc) is 3.06. The number of fused-ring (bicyclic) bond motifs is 1. The highest BCUT2D eigenvalue weighted by atomic mass is 32.1. The number of nitrogens with one attached hydrogen (secondary N) is 1. The van der Waals surface area contributed by atoms with E-state index in [9.17, 15) is 15.0 Å². The van der Waals surface area contributed by atoms with E-state index in [1.165, 1.54) is 11.3 Å². The number of rotatable bonds is 2. The Balaban J connectivity index is 0.00000210. The van der Waals surface area contributed by atoms with Crippen LogP contribution in [-0.2, 0) is 0 Å². The molecule has 0 spiro atoms. The van der Waals surface area contributed by atoms with E-state index >= 15 is 0 Å². The minimum absolute atomic E-state index is 0. The number of phenolic OH excluding ortho intramolecular Hbond substituents is 1. The van der Waals surface area contributed by atoms with E-state index in [0.717, 1.165) is 22.3 Å². The van der Waals surface area contributed by atoms with E-state index in [-0.39, 0.29) is 24.5 Å². The van der Waals surface area contributed by atoms with Gasteiger partial charge in [-0.1, -0.05) is 42.5 Å². The molecule has 2 heterocycles. The summed E-state index contributed by atoms with van der Waals surface area (Å²) >= 11 is 1.29. The fourth-order valence-electron chi connectivity index (χ4n) is 2.95. The Kier molecular flexibility index (Phi) is 4.72. The van der Waals surface area contributed by atoms with E-state index in [1.807, 2.05) is 41.8 Å².